The smallest absolute Gasteiger partial charge is 0.0366 e. The molecule has 0 saturated carbocycles. The monoisotopic (exact) mass is 273 g/mol. The molecular weight excluding hydrogens is 246 g/mol. The van der Waals surface area contributed by atoms with Crippen LogP contribution in [0.4, 0.5) is 5.69 Å². The molecule has 110 valence electrons. The average molecular weight is 273 g/mol. The van der Waals surface area contributed by atoms with Gasteiger partial charge in [-0.1, -0.05) is 24.6 Å². The third-order valence-corrected chi connectivity index (χ3v) is 5.00. The number of hydrogen-bond donors (Lipinski definition) is 1. The number of hydrogen-bond acceptors (Lipinski definition) is 3. The molecule has 0 amide bonds. The van der Waals surface area contributed by atoms with Crippen LogP contribution < -0.4 is 10.6 Å². The molecule has 20 heavy (non-hydrogen) atoms. The van der Waals surface area contributed by atoms with E-state index >= 15 is 0 Å². The summed E-state index contributed by atoms with van der Waals surface area (Å²) in [6, 6.07) is 12.2. The fourth-order valence-corrected chi connectivity index (χ4v) is 3.85. The fraction of sp³-hybridized carbons (Fsp3) is 0.647. The summed E-state index contributed by atoms with van der Waals surface area (Å²) in [5.74, 6) is 0. The van der Waals surface area contributed by atoms with Crippen LogP contribution in [0.5, 0.6) is 0 Å². The number of para-hydroxylation sites is 1. The van der Waals surface area contributed by atoms with Crippen molar-refractivity contribution in [2.24, 2.45) is 5.73 Å². The number of rotatable bonds is 3. The van der Waals surface area contributed by atoms with Gasteiger partial charge in [-0.25, -0.2) is 0 Å². The van der Waals surface area contributed by atoms with Crippen molar-refractivity contribution in [2.45, 2.75) is 44.2 Å². The van der Waals surface area contributed by atoms with Crippen molar-refractivity contribution in [3.05, 3.63) is 30.3 Å². The quantitative estimate of drug-likeness (QED) is 0.918. The topological polar surface area (TPSA) is 32.5 Å². The first-order chi connectivity index (χ1) is 9.88. The summed E-state index contributed by atoms with van der Waals surface area (Å²) in [6.45, 7) is 4.46. The highest BCUT2D eigenvalue weighted by Gasteiger charge is 2.30. The highest BCUT2D eigenvalue weighted by Crippen LogP contribution is 2.27. The van der Waals surface area contributed by atoms with Crippen LogP contribution in [-0.2, 0) is 0 Å². The van der Waals surface area contributed by atoms with Gasteiger partial charge in [0.15, 0.2) is 0 Å². The predicted octanol–water partition coefficient (Wildman–Crippen LogP) is 2.47. The zero-order valence-corrected chi connectivity index (χ0v) is 12.4. The number of anilines is 1. The van der Waals surface area contributed by atoms with Gasteiger partial charge >= 0.3 is 0 Å². The molecule has 0 radical (unpaired) electrons. The van der Waals surface area contributed by atoms with Gasteiger partial charge in [0.05, 0.1) is 0 Å². The molecule has 2 saturated heterocycles. The van der Waals surface area contributed by atoms with E-state index in [1.165, 1.54) is 57.4 Å². The van der Waals surface area contributed by atoms with Crippen LogP contribution in [0.2, 0.25) is 0 Å². The summed E-state index contributed by atoms with van der Waals surface area (Å²) in [6.07, 6.45) is 6.59. The van der Waals surface area contributed by atoms with Crippen LogP contribution in [0.15, 0.2) is 30.3 Å². The average Bonchev–Trinajstić information content (AvgIpc) is 2.56. The Morgan fingerprint density at radius 3 is 2.40 bits per heavy atom. The van der Waals surface area contributed by atoms with Crippen molar-refractivity contribution in [1.82, 2.24) is 4.90 Å². The van der Waals surface area contributed by atoms with Crippen LogP contribution in [0, 0.1) is 0 Å². The van der Waals surface area contributed by atoms with Crippen molar-refractivity contribution in [3.8, 4) is 0 Å². The first kappa shape index (κ1) is 13.9. The number of nitrogens with two attached hydrogens (primary N) is 1. The van der Waals surface area contributed by atoms with E-state index < -0.39 is 0 Å². The molecule has 0 aliphatic carbocycles. The highest BCUT2D eigenvalue weighted by molar-refractivity contribution is 5.46. The van der Waals surface area contributed by atoms with Crippen LogP contribution in [0.3, 0.4) is 0 Å². The van der Waals surface area contributed by atoms with E-state index in [2.05, 4.69) is 40.1 Å². The predicted molar refractivity (Wildman–Crippen MR) is 85.1 cm³/mol. The van der Waals surface area contributed by atoms with Gasteiger partial charge in [-0.15, -0.1) is 0 Å². The largest absolute Gasteiger partial charge is 0.371 e. The molecule has 2 aliphatic rings. The van der Waals surface area contributed by atoms with Gasteiger partial charge in [-0.05, 0) is 44.4 Å². The van der Waals surface area contributed by atoms with Gasteiger partial charge < -0.3 is 10.6 Å². The minimum absolute atomic E-state index is 0.636. The summed E-state index contributed by atoms with van der Waals surface area (Å²) in [5.41, 5.74) is 7.34. The van der Waals surface area contributed by atoms with Crippen LogP contribution >= 0.6 is 0 Å². The minimum atomic E-state index is 0.636. The lowest BCUT2D eigenvalue weighted by Crippen LogP contribution is -2.53. The normalized spacial score (nSPS) is 25.9. The maximum absolute atomic E-state index is 5.97. The molecule has 1 aromatic carbocycles. The fourth-order valence-electron chi connectivity index (χ4n) is 3.85. The van der Waals surface area contributed by atoms with Gasteiger partial charge in [0.1, 0.15) is 0 Å². The maximum atomic E-state index is 5.97. The lowest BCUT2D eigenvalue weighted by molar-refractivity contribution is 0.0842. The van der Waals surface area contributed by atoms with Gasteiger partial charge in [-0.2, -0.15) is 0 Å². The molecule has 2 aliphatic heterocycles. The van der Waals surface area contributed by atoms with Crippen molar-refractivity contribution < 1.29 is 0 Å². The Balaban J connectivity index is 1.58. The molecular formula is C17H27N3. The second kappa shape index (κ2) is 6.59. The molecule has 1 atom stereocenters. The summed E-state index contributed by atoms with van der Waals surface area (Å²) >= 11 is 0. The van der Waals surface area contributed by atoms with Gasteiger partial charge in [0.25, 0.3) is 0 Å². The third-order valence-electron chi connectivity index (χ3n) is 5.00. The molecule has 0 bridgehead atoms. The molecule has 3 nitrogen and oxygen atoms in total. The molecule has 0 spiro atoms. The number of likely N-dealkylation sites (tertiary alicyclic amines) is 1. The number of nitrogens with zero attached hydrogens (tertiary/aromatic N) is 2. The first-order valence-electron chi connectivity index (χ1n) is 8.14. The summed E-state index contributed by atoms with van der Waals surface area (Å²) in [7, 11) is 0. The Kier molecular flexibility index (Phi) is 4.58. The Bertz CT molecular complexity index is 398. The summed E-state index contributed by atoms with van der Waals surface area (Å²) in [4.78, 5) is 5.24. The lowest BCUT2D eigenvalue weighted by Gasteiger charge is -2.44. The van der Waals surface area contributed by atoms with Gasteiger partial charge in [0, 0.05) is 37.4 Å². The standard InChI is InChI=1S/C17H27N3/c18-14-17-8-4-5-11-20(17)16-9-12-19(13-10-16)15-6-2-1-3-7-15/h1-3,6-7,16-17H,4-5,8-14,18H2. The third kappa shape index (κ3) is 2.99. The first-order valence-corrected chi connectivity index (χ1v) is 8.14. The SMILES string of the molecule is NCC1CCCCN1C1CCN(c2ccccc2)CC1. The van der Waals surface area contributed by atoms with E-state index in [-0.39, 0.29) is 0 Å². The van der Waals surface area contributed by atoms with E-state index in [1.807, 2.05) is 0 Å². The van der Waals surface area contributed by atoms with Crippen LogP contribution in [-0.4, -0.2) is 43.2 Å². The van der Waals surface area contributed by atoms with Crippen LogP contribution in [0.25, 0.3) is 0 Å². The highest BCUT2D eigenvalue weighted by atomic mass is 15.2. The van der Waals surface area contributed by atoms with E-state index in [1.54, 1.807) is 0 Å². The van der Waals surface area contributed by atoms with Crippen molar-refractivity contribution in [3.63, 3.8) is 0 Å². The minimum Gasteiger partial charge on any atom is -0.371 e. The summed E-state index contributed by atoms with van der Waals surface area (Å²) < 4.78 is 0. The second-order valence-electron chi connectivity index (χ2n) is 6.18. The van der Waals surface area contributed by atoms with E-state index in [9.17, 15) is 0 Å². The molecule has 1 unspecified atom stereocenters. The Morgan fingerprint density at radius 2 is 1.70 bits per heavy atom. The molecule has 3 heteroatoms. The van der Waals surface area contributed by atoms with E-state index in [4.69, 9.17) is 5.73 Å². The van der Waals surface area contributed by atoms with Crippen molar-refractivity contribution >= 4 is 5.69 Å². The number of benzene rings is 1. The molecule has 0 aromatic heterocycles. The second-order valence-corrected chi connectivity index (χ2v) is 6.18. The Morgan fingerprint density at radius 1 is 0.950 bits per heavy atom. The Hall–Kier alpha value is -1.06. The Labute approximate surface area is 122 Å². The van der Waals surface area contributed by atoms with Crippen LogP contribution in [0.1, 0.15) is 32.1 Å². The van der Waals surface area contributed by atoms with E-state index in [0.717, 1.165) is 12.6 Å². The molecule has 3 rings (SSSR count). The number of piperidine rings is 2. The molecule has 2 fully saturated rings. The molecule has 2 N–H and O–H groups in total. The van der Waals surface area contributed by atoms with Crippen molar-refractivity contribution in [2.75, 3.05) is 31.1 Å². The van der Waals surface area contributed by atoms with E-state index in [0.29, 0.717) is 6.04 Å². The lowest BCUT2D eigenvalue weighted by atomic mass is 9.95. The maximum Gasteiger partial charge on any atom is 0.0366 e. The van der Waals surface area contributed by atoms with Gasteiger partial charge in [0.2, 0.25) is 0 Å². The zero-order valence-electron chi connectivity index (χ0n) is 12.4. The molecule has 2 heterocycles. The molecule has 1 aromatic rings. The van der Waals surface area contributed by atoms with Crippen molar-refractivity contribution in [1.29, 1.82) is 0 Å². The summed E-state index contributed by atoms with van der Waals surface area (Å²) in [5, 5.41) is 0. The zero-order chi connectivity index (χ0) is 13.8. The van der Waals surface area contributed by atoms with Gasteiger partial charge in [-0.3, -0.25) is 4.90 Å².